The van der Waals surface area contributed by atoms with Crippen LogP contribution in [0.1, 0.15) is 28.7 Å². The van der Waals surface area contributed by atoms with Gasteiger partial charge in [-0.1, -0.05) is 12.1 Å². The quantitative estimate of drug-likeness (QED) is 0.727. The fourth-order valence-electron chi connectivity index (χ4n) is 3.25. The van der Waals surface area contributed by atoms with E-state index in [-0.39, 0.29) is 0 Å². The van der Waals surface area contributed by atoms with Crippen molar-refractivity contribution in [1.82, 2.24) is 5.32 Å². The maximum atomic E-state index is 9.55. The number of aliphatic imine (C=N–C) groups is 1. The lowest BCUT2D eigenvalue weighted by Crippen LogP contribution is -2.27. The van der Waals surface area contributed by atoms with Gasteiger partial charge in [-0.05, 0) is 61.3 Å². The van der Waals surface area contributed by atoms with E-state index < -0.39 is 11.9 Å². The smallest absolute Gasteiger partial charge is 0.328 e. The molecule has 1 aliphatic carbocycles. The fourth-order valence-corrected chi connectivity index (χ4v) is 3.25. The van der Waals surface area contributed by atoms with Gasteiger partial charge < -0.3 is 15.5 Å². The molecule has 0 aromatic heterocycles. The molecule has 1 heterocycles. The average Bonchev–Trinajstić information content (AvgIpc) is 3.16. The third-order valence-electron chi connectivity index (χ3n) is 4.55. The Balaban J connectivity index is 0.000000242. The summed E-state index contributed by atoms with van der Waals surface area (Å²) in [5, 5.41) is 19.0. The Kier molecular flexibility index (Phi) is 6.33. The number of aliphatic carboxylic acids is 2. The highest BCUT2D eigenvalue weighted by Gasteiger charge is 2.25. The largest absolute Gasteiger partial charge is 0.478 e. The van der Waals surface area contributed by atoms with Gasteiger partial charge in [0.25, 0.3) is 0 Å². The van der Waals surface area contributed by atoms with E-state index in [1.54, 1.807) is 11.1 Å². The van der Waals surface area contributed by atoms with E-state index in [9.17, 15) is 9.59 Å². The van der Waals surface area contributed by atoms with Gasteiger partial charge in [0, 0.05) is 18.2 Å². The van der Waals surface area contributed by atoms with Gasteiger partial charge in [-0.25, -0.2) is 9.59 Å². The molecular formula is C19H24N2O4. The van der Waals surface area contributed by atoms with Gasteiger partial charge in [-0.3, -0.25) is 4.99 Å². The minimum absolute atomic E-state index is 0.558. The first kappa shape index (κ1) is 18.7. The molecule has 0 spiro atoms. The van der Waals surface area contributed by atoms with Crippen LogP contribution >= 0.6 is 0 Å². The molecule has 134 valence electrons. The first-order valence-corrected chi connectivity index (χ1v) is 8.32. The minimum atomic E-state index is -1.26. The Hall–Kier alpha value is -2.63. The van der Waals surface area contributed by atoms with Crippen LogP contribution in [0.3, 0.4) is 0 Å². The molecular weight excluding hydrogens is 320 g/mol. The second-order valence-corrected chi connectivity index (χ2v) is 6.58. The van der Waals surface area contributed by atoms with Crippen LogP contribution in [0, 0.1) is 19.8 Å². The number of hydrogen-bond donors (Lipinski definition) is 3. The Labute approximate surface area is 147 Å². The Morgan fingerprint density at radius 2 is 1.64 bits per heavy atom. The second kappa shape index (κ2) is 8.46. The molecule has 0 saturated heterocycles. The lowest BCUT2D eigenvalue weighted by atomic mass is 9.97. The number of carbonyl (C=O) groups is 2. The molecule has 3 N–H and O–H groups in total. The van der Waals surface area contributed by atoms with Gasteiger partial charge in [0.2, 0.25) is 0 Å². The lowest BCUT2D eigenvalue weighted by molar-refractivity contribution is -0.134. The monoisotopic (exact) mass is 344 g/mol. The standard InChI is InChI=1S/C15H20N2.C4H4O4/c1-10-3-13-5-12(6-14(13)4-11(10)2)7-15-8-16-9-17-15;5-3(6)1-2-4(7)8/h3-4,9,12,15H,5-8H2,1-2H3,(H,16,17);1-2H,(H,5,6)(H,7,8). The number of rotatable bonds is 4. The number of nitrogens with zero attached hydrogens (tertiary/aromatic N) is 1. The highest BCUT2D eigenvalue weighted by Crippen LogP contribution is 2.31. The van der Waals surface area contributed by atoms with Crippen LogP contribution in [0.4, 0.5) is 0 Å². The van der Waals surface area contributed by atoms with Crippen molar-refractivity contribution >= 4 is 18.3 Å². The summed E-state index contributed by atoms with van der Waals surface area (Å²) in [6, 6.07) is 5.36. The molecule has 1 aromatic rings. The molecule has 6 heteroatoms. The van der Waals surface area contributed by atoms with Gasteiger partial charge in [0.05, 0.1) is 12.9 Å². The molecule has 25 heavy (non-hydrogen) atoms. The Bertz CT molecular complexity index is 655. The molecule has 0 amide bonds. The summed E-state index contributed by atoms with van der Waals surface area (Å²) in [6.45, 7) is 5.40. The molecule has 0 fully saturated rings. The van der Waals surface area contributed by atoms with Gasteiger partial charge in [0.15, 0.2) is 0 Å². The van der Waals surface area contributed by atoms with Crippen LogP contribution in [-0.4, -0.2) is 41.1 Å². The van der Waals surface area contributed by atoms with Crippen LogP contribution in [0.15, 0.2) is 29.3 Å². The van der Waals surface area contributed by atoms with Crippen LogP contribution in [0.2, 0.25) is 0 Å². The molecule has 0 radical (unpaired) electrons. The SMILES string of the molecule is Cc1cc2c(cc1C)CC(CC1CN=CN1)C2.O=C(O)C=CC(=O)O. The van der Waals surface area contributed by atoms with Gasteiger partial charge >= 0.3 is 11.9 Å². The summed E-state index contributed by atoms with van der Waals surface area (Å²) in [6.07, 6.45) is 6.75. The molecule has 0 saturated carbocycles. The van der Waals surface area contributed by atoms with Crippen molar-refractivity contribution in [2.24, 2.45) is 10.9 Å². The molecule has 1 atom stereocenters. The molecule has 1 aromatic carbocycles. The summed E-state index contributed by atoms with van der Waals surface area (Å²) in [7, 11) is 0. The van der Waals surface area contributed by atoms with E-state index >= 15 is 0 Å². The number of carboxylic acids is 2. The zero-order chi connectivity index (χ0) is 18.4. The van der Waals surface area contributed by atoms with E-state index in [0.717, 1.165) is 12.5 Å². The van der Waals surface area contributed by atoms with E-state index in [1.807, 2.05) is 6.34 Å². The van der Waals surface area contributed by atoms with E-state index in [2.05, 4.69) is 36.3 Å². The van der Waals surface area contributed by atoms with Crippen molar-refractivity contribution < 1.29 is 19.8 Å². The molecule has 6 nitrogen and oxygen atoms in total. The molecule has 0 bridgehead atoms. The fraction of sp³-hybridized carbons (Fsp3) is 0.421. The number of hydrogen-bond acceptors (Lipinski definition) is 4. The number of nitrogens with one attached hydrogen (secondary N) is 1. The van der Waals surface area contributed by atoms with Crippen LogP contribution < -0.4 is 5.32 Å². The Morgan fingerprint density at radius 3 is 2.04 bits per heavy atom. The highest BCUT2D eigenvalue weighted by atomic mass is 16.4. The van der Waals surface area contributed by atoms with Crippen molar-refractivity contribution in [3.63, 3.8) is 0 Å². The first-order valence-electron chi connectivity index (χ1n) is 8.32. The molecule has 2 aliphatic rings. The van der Waals surface area contributed by atoms with Crippen LogP contribution in [0.25, 0.3) is 0 Å². The van der Waals surface area contributed by atoms with Crippen molar-refractivity contribution in [3.05, 3.63) is 46.5 Å². The predicted octanol–water partition coefficient (Wildman–Crippen LogP) is 2.12. The number of carboxylic acid groups (broad SMARTS) is 2. The lowest BCUT2D eigenvalue weighted by Gasteiger charge is -2.14. The van der Waals surface area contributed by atoms with Crippen LogP contribution in [0.5, 0.6) is 0 Å². The predicted molar refractivity (Wildman–Crippen MR) is 96.1 cm³/mol. The van der Waals surface area contributed by atoms with Gasteiger partial charge in [0.1, 0.15) is 0 Å². The topological polar surface area (TPSA) is 99.0 Å². The number of fused-ring (bicyclic) bond motifs is 1. The first-order chi connectivity index (χ1) is 11.8. The minimum Gasteiger partial charge on any atom is -0.478 e. The maximum Gasteiger partial charge on any atom is 0.328 e. The Morgan fingerprint density at radius 1 is 1.12 bits per heavy atom. The van der Waals surface area contributed by atoms with Gasteiger partial charge in [-0.15, -0.1) is 0 Å². The van der Waals surface area contributed by atoms with E-state index in [1.165, 1.54) is 30.4 Å². The second-order valence-electron chi connectivity index (χ2n) is 6.58. The molecule has 1 unspecified atom stereocenters. The van der Waals surface area contributed by atoms with Crippen molar-refractivity contribution in [2.75, 3.05) is 6.54 Å². The summed E-state index contributed by atoms with van der Waals surface area (Å²) < 4.78 is 0. The zero-order valence-corrected chi connectivity index (χ0v) is 14.5. The van der Waals surface area contributed by atoms with Gasteiger partial charge in [-0.2, -0.15) is 0 Å². The molecule has 1 aliphatic heterocycles. The highest BCUT2D eigenvalue weighted by molar-refractivity contribution is 5.89. The summed E-state index contributed by atoms with van der Waals surface area (Å²) in [4.78, 5) is 23.4. The third kappa shape index (κ3) is 5.74. The van der Waals surface area contributed by atoms with Crippen molar-refractivity contribution in [2.45, 2.75) is 39.2 Å². The molecule has 3 rings (SSSR count). The zero-order valence-electron chi connectivity index (χ0n) is 14.5. The van der Waals surface area contributed by atoms with Crippen molar-refractivity contribution in [3.8, 4) is 0 Å². The summed E-state index contributed by atoms with van der Waals surface area (Å²) >= 11 is 0. The summed E-state index contributed by atoms with van der Waals surface area (Å²) in [5.74, 6) is -1.70. The average molecular weight is 344 g/mol. The number of benzene rings is 1. The normalized spacial score (nSPS) is 18.6. The van der Waals surface area contributed by atoms with Crippen molar-refractivity contribution in [1.29, 1.82) is 0 Å². The maximum absolute atomic E-state index is 9.55. The van der Waals surface area contributed by atoms with E-state index in [4.69, 9.17) is 10.2 Å². The van der Waals surface area contributed by atoms with E-state index in [0.29, 0.717) is 18.2 Å². The number of aryl methyl sites for hydroxylation is 2. The third-order valence-corrected chi connectivity index (χ3v) is 4.55. The summed E-state index contributed by atoms with van der Waals surface area (Å²) in [5.41, 5.74) is 6.03. The van der Waals surface area contributed by atoms with Crippen LogP contribution in [-0.2, 0) is 22.4 Å².